The van der Waals surface area contributed by atoms with Gasteiger partial charge in [0.2, 0.25) is 0 Å². The van der Waals surface area contributed by atoms with Crippen LogP contribution in [0.1, 0.15) is 38.2 Å². The van der Waals surface area contributed by atoms with E-state index in [0.717, 1.165) is 13.6 Å². The lowest BCUT2D eigenvalue weighted by Gasteiger charge is -2.34. The summed E-state index contributed by atoms with van der Waals surface area (Å²) in [5.41, 5.74) is -0.0341. The minimum absolute atomic E-state index is 0.0808. The highest BCUT2D eigenvalue weighted by molar-refractivity contribution is 14.1. The van der Waals surface area contributed by atoms with Crippen LogP contribution < -0.4 is 0 Å². The van der Waals surface area contributed by atoms with Gasteiger partial charge in [-0.1, -0.05) is 22.9 Å². The van der Waals surface area contributed by atoms with Crippen LogP contribution in [0.2, 0.25) is 0 Å². The van der Waals surface area contributed by atoms with E-state index in [1.807, 2.05) is 25.1 Å². The van der Waals surface area contributed by atoms with Gasteiger partial charge < -0.3 is 0 Å². The fraction of sp³-hybridized carbons (Fsp3) is 0.429. The fourth-order valence-corrected chi connectivity index (χ4v) is 3.86. The lowest BCUT2D eigenvalue weighted by atomic mass is 9.66. The van der Waals surface area contributed by atoms with E-state index in [0.29, 0.717) is 25.7 Å². The van der Waals surface area contributed by atoms with Crippen molar-refractivity contribution >= 4 is 50.1 Å². The Kier molecular flexibility index (Phi) is 4.26. The van der Waals surface area contributed by atoms with E-state index in [9.17, 15) is 9.59 Å². The number of carbonyl (C=O) groups excluding carboxylic acids is 2. The smallest absolute Gasteiger partial charge is 0.150 e. The zero-order chi connectivity index (χ0) is 13.3. The lowest BCUT2D eigenvalue weighted by molar-refractivity contribution is -0.138. The molecule has 1 fully saturated rings. The average Bonchev–Trinajstić information content (AvgIpc) is 2.34. The first-order valence-corrected chi connectivity index (χ1v) is 7.91. The van der Waals surface area contributed by atoms with E-state index in [1.165, 1.54) is 0 Å². The van der Waals surface area contributed by atoms with Gasteiger partial charge in [-0.2, -0.15) is 0 Å². The number of hydrogen-bond donors (Lipinski definition) is 0. The third kappa shape index (κ3) is 2.18. The first-order chi connectivity index (χ1) is 8.52. The van der Waals surface area contributed by atoms with E-state index in [4.69, 9.17) is 0 Å². The second kappa shape index (κ2) is 5.41. The van der Waals surface area contributed by atoms with Crippen LogP contribution in [0, 0.1) is 3.57 Å². The molecule has 0 bridgehead atoms. The highest BCUT2D eigenvalue weighted by Gasteiger charge is 2.47. The highest BCUT2D eigenvalue weighted by atomic mass is 127. The van der Waals surface area contributed by atoms with Gasteiger partial charge in [0, 0.05) is 20.9 Å². The maximum atomic E-state index is 12.4. The molecule has 0 saturated heterocycles. The topological polar surface area (TPSA) is 34.1 Å². The Morgan fingerprint density at radius 1 is 1.28 bits per heavy atom. The number of halogens is 2. The van der Waals surface area contributed by atoms with Gasteiger partial charge in [-0.3, -0.25) is 9.59 Å². The quantitative estimate of drug-likeness (QED) is 0.534. The third-order valence-electron chi connectivity index (χ3n) is 3.68. The summed E-state index contributed by atoms with van der Waals surface area (Å²) >= 11 is 5.64. The summed E-state index contributed by atoms with van der Waals surface area (Å²) in [6, 6.07) is 5.81. The van der Waals surface area contributed by atoms with E-state index in [1.54, 1.807) is 0 Å². The predicted octanol–water partition coefficient (Wildman–Crippen LogP) is 4.02. The molecule has 1 aromatic rings. The normalized spacial score (nSPS) is 19.1. The van der Waals surface area contributed by atoms with E-state index >= 15 is 0 Å². The van der Waals surface area contributed by atoms with Crippen LogP contribution in [0.4, 0.5) is 0 Å². The van der Waals surface area contributed by atoms with E-state index in [2.05, 4.69) is 38.5 Å². The molecule has 0 aromatic heterocycles. The molecule has 0 heterocycles. The molecule has 1 saturated carbocycles. The monoisotopic (exact) mass is 420 g/mol. The van der Waals surface area contributed by atoms with Crippen LogP contribution in [0.3, 0.4) is 0 Å². The minimum Gasteiger partial charge on any atom is -0.298 e. The molecule has 96 valence electrons. The molecule has 0 atom stereocenters. The Hall–Kier alpha value is -0.230. The molecule has 1 aliphatic carbocycles. The van der Waals surface area contributed by atoms with Gasteiger partial charge in [0.05, 0.1) is 0 Å². The zero-order valence-corrected chi connectivity index (χ0v) is 13.9. The Bertz CT molecular complexity index is 495. The van der Waals surface area contributed by atoms with Crippen molar-refractivity contribution in [2.45, 2.75) is 38.0 Å². The van der Waals surface area contributed by atoms with Crippen LogP contribution >= 0.6 is 38.5 Å². The first kappa shape index (κ1) is 14.2. The predicted molar refractivity (Wildman–Crippen MR) is 82.7 cm³/mol. The van der Waals surface area contributed by atoms with Gasteiger partial charge >= 0.3 is 0 Å². The van der Waals surface area contributed by atoms with Gasteiger partial charge in [-0.15, -0.1) is 0 Å². The fourth-order valence-electron chi connectivity index (χ4n) is 2.70. The zero-order valence-electron chi connectivity index (χ0n) is 10.1. The number of carbonyl (C=O) groups is 2. The maximum absolute atomic E-state index is 12.4. The van der Waals surface area contributed by atoms with Crippen LogP contribution in [0.15, 0.2) is 22.7 Å². The molecule has 1 aliphatic rings. The maximum Gasteiger partial charge on any atom is 0.150 e. The van der Waals surface area contributed by atoms with Gasteiger partial charge in [0.15, 0.2) is 11.6 Å². The standard InChI is InChI=1S/C14H14BrIO2/c1-2-14(12(17)4-3-5-13(14)18)10-8-9(15)6-7-11(10)16/h6-8H,2-5H2,1H3. The Labute approximate surface area is 129 Å². The van der Waals surface area contributed by atoms with Crippen molar-refractivity contribution in [2.75, 3.05) is 0 Å². The molecule has 0 amide bonds. The summed E-state index contributed by atoms with van der Waals surface area (Å²) < 4.78 is 1.90. The largest absolute Gasteiger partial charge is 0.298 e. The number of rotatable bonds is 2. The van der Waals surface area contributed by atoms with Gasteiger partial charge in [-0.25, -0.2) is 0 Å². The molecule has 0 radical (unpaired) electrons. The second-order valence-electron chi connectivity index (χ2n) is 4.58. The van der Waals surface area contributed by atoms with E-state index < -0.39 is 5.41 Å². The molecule has 2 rings (SSSR count). The van der Waals surface area contributed by atoms with Crippen molar-refractivity contribution in [3.63, 3.8) is 0 Å². The highest BCUT2D eigenvalue weighted by Crippen LogP contribution is 2.40. The number of hydrogen-bond acceptors (Lipinski definition) is 2. The van der Waals surface area contributed by atoms with Crippen molar-refractivity contribution < 1.29 is 9.59 Å². The van der Waals surface area contributed by atoms with Crippen molar-refractivity contribution in [2.24, 2.45) is 0 Å². The van der Waals surface area contributed by atoms with Crippen molar-refractivity contribution in [1.29, 1.82) is 0 Å². The summed E-state index contributed by atoms with van der Waals surface area (Å²) in [6.45, 7) is 1.93. The molecule has 18 heavy (non-hydrogen) atoms. The SMILES string of the molecule is CCC1(c2cc(Br)ccc2I)C(=O)CCCC1=O. The van der Waals surface area contributed by atoms with Crippen molar-refractivity contribution in [1.82, 2.24) is 0 Å². The average molecular weight is 421 g/mol. The number of Topliss-reactive ketones (excluding diaryl/α,β-unsaturated/α-hetero) is 2. The van der Waals surface area contributed by atoms with E-state index in [-0.39, 0.29) is 11.6 Å². The first-order valence-electron chi connectivity index (χ1n) is 6.04. The molecular formula is C14H14BrIO2. The molecule has 0 spiro atoms. The number of ketones is 2. The second-order valence-corrected chi connectivity index (χ2v) is 6.66. The van der Waals surface area contributed by atoms with Gasteiger partial charge in [0.25, 0.3) is 0 Å². The molecule has 2 nitrogen and oxygen atoms in total. The summed E-state index contributed by atoms with van der Waals surface area (Å²) in [6.07, 6.45) is 2.28. The molecular weight excluding hydrogens is 407 g/mol. The summed E-state index contributed by atoms with van der Waals surface area (Å²) in [4.78, 5) is 24.8. The number of benzene rings is 1. The molecule has 1 aromatic carbocycles. The van der Waals surface area contributed by atoms with Crippen molar-refractivity contribution in [3.05, 3.63) is 31.8 Å². The van der Waals surface area contributed by atoms with Crippen LogP contribution in [-0.4, -0.2) is 11.6 Å². The van der Waals surface area contributed by atoms with Gasteiger partial charge in [0.1, 0.15) is 5.41 Å². The Morgan fingerprint density at radius 3 is 2.44 bits per heavy atom. The van der Waals surface area contributed by atoms with Crippen LogP contribution in [0.25, 0.3) is 0 Å². The Morgan fingerprint density at radius 2 is 1.89 bits per heavy atom. The van der Waals surface area contributed by atoms with Crippen molar-refractivity contribution in [3.8, 4) is 0 Å². The molecule has 0 unspecified atom stereocenters. The molecule has 4 heteroatoms. The minimum atomic E-state index is -0.904. The molecule has 0 aliphatic heterocycles. The van der Waals surface area contributed by atoms with Gasteiger partial charge in [-0.05, 0) is 59.2 Å². The third-order valence-corrected chi connectivity index (χ3v) is 5.11. The molecule has 0 N–H and O–H groups in total. The summed E-state index contributed by atoms with van der Waals surface area (Å²) in [5, 5.41) is 0. The van der Waals surface area contributed by atoms with Crippen LogP contribution in [-0.2, 0) is 15.0 Å². The Balaban J connectivity index is 2.65. The lowest BCUT2D eigenvalue weighted by Crippen LogP contribution is -2.46. The summed E-state index contributed by atoms with van der Waals surface area (Å²) in [7, 11) is 0. The summed E-state index contributed by atoms with van der Waals surface area (Å²) in [5.74, 6) is 0.162. The van der Waals surface area contributed by atoms with Crippen LogP contribution in [0.5, 0.6) is 0 Å².